The van der Waals surface area contributed by atoms with Gasteiger partial charge in [0.15, 0.2) is 0 Å². The van der Waals surface area contributed by atoms with Crippen molar-refractivity contribution in [2.45, 2.75) is 12.5 Å². The van der Waals surface area contributed by atoms with Crippen molar-refractivity contribution in [2.75, 3.05) is 31.2 Å². The van der Waals surface area contributed by atoms with Crippen molar-refractivity contribution >= 4 is 22.5 Å². The fraction of sp³-hybridized carbons (Fsp3) is 0.250. The summed E-state index contributed by atoms with van der Waals surface area (Å²) in [5, 5.41) is 2.37. The summed E-state index contributed by atoms with van der Waals surface area (Å²) in [7, 11) is 0. The highest BCUT2D eigenvalue weighted by atomic mass is 16.5. The van der Waals surface area contributed by atoms with Crippen molar-refractivity contribution < 1.29 is 9.47 Å². The maximum absolute atomic E-state index is 6.58. The average Bonchev–Trinajstić information content (AvgIpc) is 2.74. The van der Waals surface area contributed by atoms with Crippen LogP contribution in [0.15, 0.2) is 66.7 Å². The lowest BCUT2D eigenvalue weighted by Gasteiger charge is -2.34. The highest BCUT2D eigenvalue weighted by Gasteiger charge is 2.30. The summed E-state index contributed by atoms with van der Waals surface area (Å²) in [5.74, 6) is 0.968. The van der Waals surface area contributed by atoms with Crippen molar-refractivity contribution in [3.8, 4) is 5.75 Å². The van der Waals surface area contributed by atoms with Crippen molar-refractivity contribution in [2.24, 2.45) is 0 Å². The van der Waals surface area contributed by atoms with Crippen LogP contribution in [0.2, 0.25) is 0 Å². The predicted octanol–water partition coefficient (Wildman–Crippen LogP) is 5.00. The van der Waals surface area contributed by atoms with Crippen LogP contribution in [0.4, 0.5) is 5.69 Å². The summed E-state index contributed by atoms with van der Waals surface area (Å²) in [6.07, 6.45) is 4.34. The van der Waals surface area contributed by atoms with Gasteiger partial charge in [-0.15, -0.1) is 0 Å². The molecule has 3 heteroatoms. The normalized spacial score (nSPS) is 21.7. The molecule has 0 N–H and O–H groups in total. The zero-order valence-corrected chi connectivity index (χ0v) is 15.5. The van der Waals surface area contributed by atoms with E-state index in [2.05, 4.69) is 84.6 Å². The first-order valence-corrected chi connectivity index (χ1v) is 9.56. The van der Waals surface area contributed by atoms with E-state index in [1.54, 1.807) is 0 Å². The van der Waals surface area contributed by atoms with Gasteiger partial charge < -0.3 is 14.4 Å². The van der Waals surface area contributed by atoms with Crippen LogP contribution in [-0.4, -0.2) is 26.3 Å². The van der Waals surface area contributed by atoms with Crippen molar-refractivity contribution in [3.05, 3.63) is 77.9 Å². The molecular formula is C24H23NO2. The zero-order valence-electron chi connectivity index (χ0n) is 15.5. The van der Waals surface area contributed by atoms with Crippen LogP contribution in [0.5, 0.6) is 5.75 Å². The highest BCUT2D eigenvalue weighted by molar-refractivity contribution is 5.92. The molecule has 27 heavy (non-hydrogen) atoms. The Hall–Kier alpha value is -2.78. The van der Waals surface area contributed by atoms with E-state index in [0.717, 1.165) is 48.6 Å². The summed E-state index contributed by atoms with van der Waals surface area (Å²) in [6, 6.07) is 21.5. The van der Waals surface area contributed by atoms with Crippen LogP contribution >= 0.6 is 0 Å². The van der Waals surface area contributed by atoms with Gasteiger partial charge >= 0.3 is 0 Å². The third-order valence-electron chi connectivity index (χ3n) is 5.62. The molecule has 136 valence electrons. The van der Waals surface area contributed by atoms with Gasteiger partial charge in [0, 0.05) is 29.7 Å². The van der Waals surface area contributed by atoms with Gasteiger partial charge in [-0.2, -0.15) is 0 Å². The van der Waals surface area contributed by atoms with Gasteiger partial charge in [0.1, 0.15) is 11.4 Å². The molecule has 0 radical (unpaired) electrons. The Morgan fingerprint density at radius 1 is 0.889 bits per heavy atom. The second-order valence-electron chi connectivity index (χ2n) is 7.39. The molecule has 1 fully saturated rings. The number of nitrogens with zero attached hydrogens (tertiary/aromatic N) is 1. The van der Waals surface area contributed by atoms with E-state index in [9.17, 15) is 0 Å². The highest BCUT2D eigenvalue weighted by Crippen LogP contribution is 2.41. The topological polar surface area (TPSA) is 21.7 Å². The van der Waals surface area contributed by atoms with Gasteiger partial charge in [-0.1, -0.05) is 54.6 Å². The lowest BCUT2D eigenvalue weighted by Crippen LogP contribution is -2.36. The van der Waals surface area contributed by atoms with Gasteiger partial charge in [0.05, 0.1) is 13.2 Å². The van der Waals surface area contributed by atoms with Crippen molar-refractivity contribution in [1.29, 1.82) is 0 Å². The number of anilines is 1. The van der Waals surface area contributed by atoms with Crippen LogP contribution in [0.25, 0.3) is 16.8 Å². The van der Waals surface area contributed by atoms with Gasteiger partial charge in [-0.3, -0.25) is 0 Å². The van der Waals surface area contributed by atoms with Crippen LogP contribution in [-0.2, 0) is 10.3 Å². The molecule has 5 rings (SSSR count). The van der Waals surface area contributed by atoms with Crippen LogP contribution in [0.3, 0.4) is 0 Å². The van der Waals surface area contributed by atoms with Gasteiger partial charge in [0.2, 0.25) is 0 Å². The molecule has 2 aliphatic rings. The minimum Gasteiger partial charge on any atom is -0.477 e. The summed E-state index contributed by atoms with van der Waals surface area (Å²) in [6.45, 7) is 5.64. The van der Waals surface area contributed by atoms with E-state index < -0.39 is 5.60 Å². The molecule has 3 aromatic rings. The van der Waals surface area contributed by atoms with Gasteiger partial charge in [-0.05, 0) is 36.1 Å². The molecule has 0 spiro atoms. The van der Waals surface area contributed by atoms with Gasteiger partial charge in [-0.25, -0.2) is 0 Å². The Bertz CT molecular complexity index is 1000. The van der Waals surface area contributed by atoms with Crippen LogP contribution < -0.4 is 9.64 Å². The molecule has 0 saturated carbocycles. The predicted molar refractivity (Wildman–Crippen MR) is 110 cm³/mol. The second kappa shape index (κ2) is 6.43. The molecule has 1 atom stereocenters. The molecule has 3 nitrogen and oxygen atoms in total. The Kier molecular flexibility index (Phi) is 3.91. The molecule has 0 aliphatic carbocycles. The summed E-state index contributed by atoms with van der Waals surface area (Å²) in [4.78, 5) is 2.37. The number of morpholine rings is 1. The van der Waals surface area contributed by atoms with E-state index in [-0.39, 0.29) is 0 Å². The minimum absolute atomic E-state index is 0.472. The van der Waals surface area contributed by atoms with Gasteiger partial charge in [0.25, 0.3) is 0 Å². The summed E-state index contributed by atoms with van der Waals surface area (Å²) < 4.78 is 12.0. The van der Waals surface area contributed by atoms with E-state index in [0.29, 0.717) is 0 Å². The van der Waals surface area contributed by atoms with E-state index in [1.807, 2.05) is 0 Å². The quantitative estimate of drug-likeness (QED) is 0.644. The molecule has 2 heterocycles. The SMILES string of the molecule is CC1(c2ccc(N3CCOCC3)cc2)C=Cc2ccc3ccccc3c2O1. The number of hydrogen-bond acceptors (Lipinski definition) is 3. The fourth-order valence-corrected chi connectivity index (χ4v) is 3.98. The Morgan fingerprint density at radius 3 is 2.48 bits per heavy atom. The Balaban J connectivity index is 1.48. The van der Waals surface area contributed by atoms with E-state index >= 15 is 0 Å². The largest absolute Gasteiger partial charge is 0.477 e. The molecule has 0 aromatic heterocycles. The molecule has 3 aromatic carbocycles. The first-order valence-electron chi connectivity index (χ1n) is 9.56. The number of hydrogen-bond donors (Lipinski definition) is 0. The van der Waals surface area contributed by atoms with Crippen molar-refractivity contribution in [1.82, 2.24) is 0 Å². The lowest BCUT2D eigenvalue weighted by molar-refractivity contribution is 0.122. The summed E-state index contributed by atoms with van der Waals surface area (Å²) >= 11 is 0. The molecule has 2 aliphatic heterocycles. The fourth-order valence-electron chi connectivity index (χ4n) is 3.98. The average molecular weight is 357 g/mol. The summed E-state index contributed by atoms with van der Waals surface area (Å²) in [5.41, 5.74) is 3.07. The first-order chi connectivity index (χ1) is 13.2. The lowest BCUT2D eigenvalue weighted by atomic mass is 9.91. The maximum atomic E-state index is 6.58. The monoisotopic (exact) mass is 357 g/mol. The first kappa shape index (κ1) is 16.4. The Morgan fingerprint density at radius 2 is 1.67 bits per heavy atom. The molecule has 0 bridgehead atoms. The smallest absolute Gasteiger partial charge is 0.150 e. The van der Waals surface area contributed by atoms with Crippen LogP contribution in [0.1, 0.15) is 18.1 Å². The molecule has 1 unspecified atom stereocenters. The number of rotatable bonds is 2. The Labute approximate surface area is 159 Å². The third-order valence-corrected chi connectivity index (χ3v) is 5.62. The standard InChI is InChI=1S/C24H23NO2/c1-24(20-8-10-21(11-9-20)25-14-16-26-17-15-25)13-12-19-7-6-18-4-2-3-5-22(18)23(19)27-24/h2-13H,14-17H2,1H3. The number of fused-ring (bicyclic) bond motifs is 3. The minimum atomic E-state index is -0.472. The molecule has 0 amide bonds. The molecule has 1 saturated heterocycles. The second-order valence-corrected chi connectivity index (χ2v) is 7.39. The maximum Gasteiger partial charge on any atom is 0.150 e. The number of ether oxygens (including phenoxy) is 2. The van der Waals surface area contributed by atoms with E-state index in [4.69, 9.17) is 9.47 Å². The zero-order chi connectivity index (χ0) is 18.3. The third kappa shape index (κ3) is 2.88. The number of benzene rings is 3. The van der Waals surface area contributed by atoms with Crippen LogP contribution in [0, 0.1) is 0 Å². The van der Waals surface area contributed by atoms with Crippen molar-refractivity contribution in [3.63, 3.8) is 0 Å². The molecular weight excluding hydrogens is 334 g/mol. The van der Waals surface area contributed by atoms with E-state index in [1.165, 1.54) is 11.1 Å².